The van der Waals surface area contributed by atoms with Gasteiger partial charge < -0.3 is 18.9 Å². The Balaban J connectivity index is 1.71. The number of methoxy groups -OCH3 is 3. The maximum atomic E-state index is 13.3. The highest BCUT2D eigenvalue weighted by Gasteiger charge is 2.31. The highest BCUT2D eigenvalue weighted by atomic mass is 19.4. The number of hydrogen-bond donors (Lipinski definition) is 0. The first-order valence-corrected chi connectivity index (χ1v) is 11.7. The number of amides is 1. The Morgan fingerprint density at radius 2 is 1.56 bits per heavy atom. The number of rotatable bonds is 11. The second-order valence-electron chi connectivity index (χ2n) is 8.10. The van der Waals surface area contributed by atoms with E-state index in [1.54, 1.807) is 42.5 Å². The molecule has 8 nitrogen and oxygen atoms in total. The highest BCUT2D eigenvalue weighted by Crippen LogP contribution is 2.38. The molecule has 0 unspecified atom stereocenters. The van der Waals surface area contributed by atoms with E-state index in [0.717, 1.165) is 17.1 Å². The van der Waals surface area contributed by atoms with E-state index in [2.05, 4.69) is 5.10 Å². The molecule has 206 valence electrons. The van der Waals surface area contributed by atoms with Crippen LogP contribution >= 0.6 is 0 Å². The lowest BCUT2D eigenvalue weighted by atomic mass is 10.1. The van der Waals surface area contributed by atoms with Gasteiger partial charge >= 0.3 is 12.1 Å². The summed E-state index contributed by atoms with van der Waals surface area (Å²) in [7, 11) is 4.41. The van der Waals surface area contributed by atoms with Crippen LogP contribution in [0.15, 0.2) is 71.8 Å². The van der Waals surface area contributed by atoms with Gasteiger partial charge in [0.25, 0.3) is 5.91 Å². The summed E-state index contributed by atoms with van der Waals surface area (Å²) >= 11 is 0. The first kappa shape index (κ1) is 29.0. The van der Waals surface area contributed by atoms with E-state index >= 15 is 0 Å². The lowest BCUT2D eigenvalue weighted by molar-refractivity contribution is -0.147. The van der Waals surface area contributed by atoms with Crippen molar-refractivity contribution in [2.45, 2.75) is 19.0 Å². The van der Waals surface area contributed by atoms with E-state index in [1.165, 1.54) is 39.7 Å². The predicted molar refractivity (Wildman–Crippen MR) is 138 cm³/mol. The van der Waals surface area contributed by atoms with Crippen LogP contribution in [0.4, 0.5) is 18.9 Å². The zero-order valence-electron chi connectivity index (χ0n) is 21.5. The van der Waals surface area contributed by atoms with E-state index in [1.807, 2.05) is 0 Å². The molecule has 0 saturated heterocycles. The van der Waals surface area contributed by atoms with Crippen molar-refractivity contribution in [1.82, 2.24) is 0 Å². The Labute approximate surface area is 223 Å². The molecule has 0 atom stereocenters. The summed E-state index contributed by atoms with van der Waals surface area (Å²) in [6, 6.07) is 16.2. The molecule has 0 radical (unpaired) electrons. The molecule has 0 bridgehead atoms. The molecule has 1 amide bonds. The van der Waals surface area contributed by atoms with Crippen LogP contribution in [0.5, 0.6) is 17.2 Å². The first-order chi connectivity index (χ1) is 18.7. The molecular weight excluding hydrogens is 517 g/mol. The molecule has 3 rings (SSSR count). The molecule has 0 spiro atoms. The number of alkyl halides is 3. The number of benzene rings is 3. The molecule has 0 aromatic heterocycles. The fourth-order valence-electron chi connectivity index (χ4n) is 3.55. The van der Waals surface area contributed by atoms with Crippen LogP contribution in [0, 0.1) is 0 Å². The third-order valence-corrected chi connectivity index (χ3v) is 5.48. The van der Waals surface area contributed by atoms with E-state index in [0.29, 0.717) is 28.4 Å². The van der Waals surface area contributed by atoms with Crippen LogP contribution in [0.25, 0.3) is 0 Å². The van der Waals surface area contributed by atoms with Gasteiger partial charge in [-0.2, -0.15) is 23.3 Å². The van der Waals surface area contributed by atoms with Gasteiger partial charge in [0.2, 0.25) is 5.75 Å². The van der Waals surface area contributed by atoms with E-state index < -0.39 is 30.2 Å². The average Bonchev–Trinajstić information content (AvgIpc) is 2.94. The van der Waals surface area contributed by atoms with Gasteiger partial charge in [0.05, 0.1) is 38.8 Å². The quantitative estimate of drug-likeness (QED) is 0.186. The van der Waals surface area contributed by atoms with Crippen LogP contribution in [0.1, 0.15) is 23.1 Å². The van der Waals surface area contributed by atoms with Gasteiger partial charge in [0.15, 0.2) is 18.1 Å². The monoisotopic (exact) mass is 544 g/mol. The Morgan fingerprint density at radius 1 is 0.897 bits per heavy atom. The number of carbonyl (C=O) groups excluding carboxylic acids is 2. The molecule has 3 aromatic rings. The van der Waals surface area contributed by atoms with Crippen LogP contribution in [-0.2, 0) is 26.9 Å². The van der Waals surface area contributed by atoms with E-state index in [4.69, 9.17) is 18.9 Å². The third kappa shape index (κ3) is 7.97. The summed E-state index contributed by atoms with van der Waals surface area (Å²) < 4.78 is 60.8. The number of nitrogens with zero attached hydrogens (tertiary/aromatic N) is 2. The second-order valence-corrected chi connectivity index (χ2v) is 8.10. The minimum Gasteiger partial charge on any atom is -0.493 e. The normalized spacial score (nSPS) is 11.2. The molecule has 39 heavy (non-hydrogen) atoms. The number of hydrazone groups is 1. The third-order valence-electron chi connectivity index (χ3n) is 5.48. The van der Waals surface area contributed by atoms with E-state index in [9.17, 15) is 22.8 Å². The zero-order valence-corrected chi connectivity index (χ0v) is 21.5. The Hall–Kier alpha value is -4.54. The fourth-order valence-corrected chi connectivity index (χ4v) is 3.55. The van der Waals surface area contributed by atoms with Crippen molar-refractivity contribution in [3.63, 3.8) is 0 Å². The molecule has 0 aliphatic rings. The number of carbonyl (C=O) groups is 2. The molecule has 0 N–H and O–H groups in total. The van der Waals surface area contributed by atoms with Gasteiger partial charge in [-0.1, -0.05) is 36.4 Å². The summed E-state index contributed by atoms with van der Waals surface area (Å²) in [6.45, 7) is -0.726. The van der Waals surface area contributed by atoms with Crippen molar-refractivity contribution in [1.29, 1.82) is 0 Å². The van der Waals surface area contributed by atoms with Gasteiger partial charge in [-0.3, -0.25) is 9.59 Å². The van der Waals surface area contributed by atoms with Crippen LogP contribution in [-0.4, -0.2) is 46.0 Å². The number of halogens is 3. The molecule has 0 heterocycles. The average molecular weight is 545 g/mol. The summed E-state index contributed by atoms with van der Waals surface area (Å²) in [5.41, 5.74) is 0.237. The maximum absolute atomic E-state index is 13.3. The summed E-state index contributed by atoms with van der Waals surface area (Å²) in [4.78, 5) is 25.4. The number of aryl methyl sites for hydroxylation is 1. The molecule has 0 saturated carbocycles. The Kier molecular flexibility index (Phi) is 9.91. The number of anilines is 1. The summed E-state index contributed by atoms with van der Waals surface area (Å²) in [5.74, 6) is -0.273. The van der Waals surface area contributed by atoms with Crippen molar-refractivity contribution >= 4 is 23.8 Å². The number of ether oxygens (including phenoxy) is 4. The second kappa shape index (κ2) is 13.3. The van der Waals surface area contributed by atoms with Crippen molar-refractivity contribution in [2.24, 2.45) is 5.10 Å². The first-order valence-electron chi connectivity index (χ1n) is 11.7. The summed E-state index contributed by atoms with van der Waals surface area (Å²) in [6.07, 6.45) is -3.13. The maximum Gasteiger partial charge on any atom is 0.416 e. The topological polar surface area (TPSA) is 86.7 Å². The van der Waals surface area contributed by atoms with Crippen LogP contribution in [0.2, 0.25) is 0 Å². The number of esters is 1. The van der Waals surface area contributed by atoms with Crippen molar-refractivity contribution in [2.75, 3.05) is 32.9 Å². The summed E-state index contributed by atoms with van der Waals surface area (Å²) in [5, 5.41) is 4.85. The lowest BCUT2D eigenvalue weighted by Crippen LogP contribution is -2.31. The molecule has 3 aromatic carbocycles. The number of hydrogen-bond acceptors (Lipinski definition) is 7. The Morgan fingerprint density at radius 3 is 2.15 bits per heavy atom. The predicted octanol–water partition coefficient (Wildman–Crippen LogP) is 5.27. The standard InChI is InChI=1S/C28H27F3N2O6/c1-36-23-14-20(15-24(37-2)27(23)38-3)12-13-26(35)39-18-25(34)33(32-17-19-8-5-4-6-9-19)22-11-7-10-21(16-22)28(29,30)31/h4-11,14-17H,12-13,18H2,1-3H3. The van der Waals surface area contributed by atoms with E-state index in [-0.39, 0.29) is 18.5 Å². The van der Waals surface area contributed by atoms with Crippen molar-refractivity contribution in [3.05, 3.63) is 83.4 Å². The molecular formula is C28H27F3N2O6. The van der Waals surface area contributed by atoms with Crippen molar-refractivity contribution in [3.8, 4) is 17.2 Å². The fraction of sp³-hybridized carbons (Fsp3) is 0.250. The molecule has 0 fully saturated rings. The largest absolute Gasteiger partial charge is 0.493 e. The van der Waals surface area contributed by atoms with Gasteiger partial charge in [0, 0.05) is 6.42 Å². The smallest absolute Gasteiger partial charge is 0.416 e. The lowest BCUT2D eigenvalue weighted by Gasteiger charge is -2.18. The van der Waals surface area contributed by atoms with Crippen LogP contribution < -0.4 is 19.2 Å². The van der Waals surface area contributed by atoms with Crippen molar-refractivity contribution < 1.29 is 41.7 Å². The highest BCUT2D eigenvalue weighted by molar-refractivity contribution is 5.96. The Bertz CT molecular complexity index is 1290. The molecule has 0 aliphatic carbocycles. The van der Waals surface area contributed by atoms with Gasteiger partial charge in [-0.25, -0.2) is 0 Å². The minimum absolute atomic E-state index is 0.0806. The van der Waals surface area contributed by atoms with Gasteiger partial charge in [-0.05, 0) is 47.9 Å². The minimum atomic E-state index is -4.62. The van der Waals surface area contributed by atoms with Gasteiger partial charge in [-0.15, -0.1) is 0 Å². The van der Waals surface area contributed by atoms with Crippen LogP contribution in [0.3, 0.4) is 0 Å². The molecule has 11 heteroatoms. The molecule has 0 aliphatic heterocycles. The SMILES string of the molecule is COc1cc(CCC(=O)OCC(=O)N(N=Cc2ccccc2)c2cccc(C(F)(F)F)c2)cc(OC)c1OC. The van der Waals surface area contributed by atoms with Gasteiger partial charge in [0.1, 0.15) is 0 Å². The zero-order chi connectivity index (χ0) is 28.4.